The Hall–Kier alpha value is -3.53. The minimum atomic E-state index is -5.01. The summed E-state index contributed by atoms with van der Waals surface area (Å²) in [7, 11) is 0. The average Bonchev–Trinajstić information content (AvgIpc) is 3.00. The van der Waals surface area contributed by atoms with E-state index in [0.717, 1.165) is 24.4 Å². The van der Waals surface area contributed by atoms with Crippen molar-refractivity contribution in [2.45, 2.75) is 12.2 Å². The summed E-state index contributed by atoms with van der Waals surface area (Å²) in [6.07, 6.45) is 2.12. The van der Waals surface area contributed by atoms with Crippen LogP contribution in [-0.2, 0) is 11.0 Å². The van der Waals surface area contributed by atoms with Gasteiger partial charge in [-0.1, -0.05) is 35.9 Å². The summed E-state index contributed by atoms with van der Waals surface area (Å²) in [4.78, 5) is 11.7. The molecule has 0 aliphatic heterocycles. The predicted octanol–water partition coefficient (Wildman–Crippen LogP) is 5.75. The van der Waals surface area contributed by atoms with Gasteiger partial charge in [-0.3, -0.25) is 5.41 Å². The standard InChI is InChI=1S/C21H13ClF5N3O2/c22-15-6-3-7-16(24)17(15)18(28)14(20(31)32)8-11-10-29-30(19(11)21(25,26)27)13-5-2-1-4-12(23)9-13/h1-10,13,28H,(H,31,32)/b14-8-,28-18?. The first-order valence-electron chi connectivity index (χ1n) is 8.86. The SMILES string of the molecule is N=C(/C(=C/c1cnn(C2C=CC=CC(F)=C2)c1C(F)(F)F)C(=O)O)c1c(F)cccc1Cl. The first-order valence-corrected chi connectivity index (χ1v) is 9.23. The smallest absolute Gasteiger partial charge is 0.433 e. The van der Waals surface area contributed by atoms with Gasteiger partial charge in [0, 0.05) is 5.56 Å². The summed E-state index contributed by atoms with van der Waals surface area (Å²) in [5.41, 5.74) is -4.52. The molecule has 0 fully saturated rings. The third-order valence-electron chi connectivity index (χ3n) is 4.39. The van der Waals surface area contributed by atoms with E-state index in [0.29, 0.717) is 10.8 Å². The summed E-state index contributed by atoms with van der Waals surface area (Å²) in [5, 5.41) is 21.0. The second-order valence-electron chi connectivity index (χ2n) is 6.51. The van der Waals surface area contributed by atoms with E-state index in [4.69, 9.17) is 17.0 Å². The van der Waals surface area contributed by atoms with E-state index in [9.17, 15) is 31.9 Å². The van der Waals surface area contributed by atoms with E-state index >= 15 is 0 Å². The number of carbonyl (C=O) groups is 1. The molecule has 2 aromatic rings. The Balaban J connectivity index is 2.17. The van der Waals surface area contributed by atoms with Crippen LogP contribution < -0.4 is 0 Å². The molecular weight excluding hydrogens is 457 g/mol. The molecule has 0 saturated carbocycles. The molecule has 0 bridgehead atoms. The van der Waals surface area contributed by atoms with E-state index in [1.54, 1.807) is 0 Å². The van der Waals surface area contributed by atoms with Gasteiger partial charge < -0.3 is 5.11 Å². The molecule has 1 aliphatic rings. The van der Waals surface area contributed by atoms with E-state index in [-0.39, 0.29) is 5.02 Å². The lowest BCUT2D eigenvalue weighted by Gasteiger charge is -2.16. The monoisotopic (exact) mass is 469 g/mol. The van der Waals surface area contributed by atoms with Gasteiger partial charge in [0.2, 0.25) is 0 Å². The first-order chi connectivity index (χ1) is 15.0. The molecule has 2 N–H and O–H groups in total. The number of nitrogens with zero attached hydrogens (tertiary/aromatic N) is 2. The molecular formula is C21H13ClF5N3O2. The lowest BCUT2D eigenvalue weighted by Crippen LogP contribution is -2.19. The maximum Gasteiger partial charge on any atom is 0.433 e. The normalized spacial score (nSPS) is 16.6. The number of aliphatic carboxylic acids is 1. The van der Waals surface area contributed by atoms with Gasteiger partial charge in [0.15, 0.2) is 5.69 Å². The molecule has 3 rings (SSSR count). The Labute approximate surface area is 182 Å². The van der Waals surface area contributed by atoms with Crippen LogP contribution in [0, 0.1) is 11.2 Å². The Bertz CT molecular complexity index is 1190. The quantitative estimate of drug-likeness (QED) is 0.332. The highest BCUT2D eigenvalue weighted by molar-refractivity contribution is 6.38. The molecule has 1 aromatic carbocycles. The van der Waals surface area contributed by atoms with Crippen LogP contribution >= 0.6 is 11.6 Å². The van der Waals surface area contributed by atoms with Crippen molar-refractivity contribution in [1.29, 1.82) is 5.41 Å². The van der Waals surface area contributed by atoms with Gasteiger partial charge in [0.1, 0.15) is 11.6 Å². The zero-order valence-electron chi connectivity index (χ0n) is 15.9. The number of halogens is 6. The predicted molar refractivity (Wildman–Crippen MR) is 108 cm³/mol. The van der Waals surface area contributed by atoms with Crippen LogP contribution in [0.15, 0.2) is 66.2 Å². The third kappa shape index (κ3) is 4.70. The molecule has 1 unspecified atom stereocenters. The highest BCUT2D eigenvalue weighted by Crippen LogP contribution is 2.36. The van der Waals surface area contributed by atoms with Gasteiger partial charge in [-0.05, 0) is 30.4 Å². The van der Waals surface area contributed by atoms with Gasteiger partial charge >= 0.3 is 12.1 Å². The van der Waals surface area contributed by atoms with Crippen molar-refractivity contribution in [2.24, 2.45) is 0 Å². The highest BCUT2D eigenvalue weighted by Gasteiger charge is 2.39. The molecule has 5 nitrogen and oxygen atoms in total. The van der Waals surface area contributed by atoms with Crippen molar-refractivity contribution in [3.8, 4) is 0 Å². The number of benzene rings is 1. The summed E-state index contributed by atoms with van der Waals surface area (Å²) in [6, 6.07) is 2.12. The van der Waals surface area contributed by atoms with Crippen molar-refractivity contribution in [3.05, 3.63) is 93.8 Å². The van der Waals surface area contributed by atoms with Gasteiger partial charge in [0.05, 0.1) is 34.1 Å². The topological polar surface area (TPSA) is 79.0 Å². The van der Waals surface area contributed by atoms with Crippen LogP contribution in [0.1, 0.15) is 22.9 Å². The van der Waals surface area contributed by atoms with Gasteiger partial charge in [-0.15, -0.1) is 0 Å². The Morgan fingerprint density at radius 3 is 2.59 bits per heavy atom. The number of carboxylic acid groups (broad SMARTS) is 1. The summed E-state index contributed by atoms with van der Waals surface area (Å²) in [6.45, 7) is 0. The molecule has 1 aliphatic carbocycles. The lowest BCUT2D eigenvalue weighted by atomic mass is 9.99. The molecule has 1 heterocycles. The fraction of sp³-hybridized carbons (Fsp3) is 0.0952. The maximum absolute atomic E-state index is 14.2. The van der Waals surface area contributed by atoms with Crippen LogP contribution in [-0.4, -0.2) is 26.6 Å². The van der Waals surface area contributed by atoms with E-state index in [1.165, 1.54) is 30.4 Å². The minimum Gasteiger partial charge on any atom is -0.478 e. The van der Waals surface area contributed by atoms with Crippen molar-refractivity contribution < 1.29 is 31.9 Å². The second kappa shape index (κ2) is 8.91. The maximum atomic E-state index is 14.2. The van der Waals surface area contributed by atoms with Gasteiger partial charge in [-0.2, -0.15) is 18.3 Å². The largest absolute Gasteiger partial charge is 0.478 e. The van der Waals surface area contributed by atoms with Crippen molar-refractivity contribution in [1.82, 2.24) is 9.78 Å². The summed E-state index contributed by atoms with van der Waals surface area (Å²) in [5.74, 6) is -3.58. The number of hydrogen-bond donors (Lipinski definition) is 2. The van der Waals surface area contributed by atoms with E-state index in [2.05, 4.69) is 5.10 Å². The number of nitrogens with one attached hydrogen (secondary N) is 1. The number of carboxylic acids is 1. The number of rotatable bonds is 5. The molecule has 0 amide bonds. The van der Waals surface area contributed by atoms with Crippen LogP contribution in [0.3, 0.4) is 0 Å². The van der Waals surface area contributed by atoms with Crippen molar-refractivity contribution in [3.63, 3.8) is 0 Å². The molecule has 1 aromatic heterocycles. The lowest BCUT2D eigenvalue weighted by molar-refractivity contribution is -0.144. The fourth-order valence-corrected chi connectivity index (χ4v) is 3.28. The average molecular weight is 470 g/mol. The number of alkyl halides is 3. The Kier molecular flexibility index (Phi) is 6.45. The molecule has 1 atom stereocenters. The van der Waals surface area contributed by atoms with E-state index < -0.39 is 57.9 Å². The molecule has 0 spiro atoms. The number of aromatic nitrogens is 2. The molecule has 166 valence electrons. The Morgan fingerprint density at radius 2 is 1.97 bits per heavy atom. The summed E-state index contributed by atoms with van der Waals surface area (Å²) >= 11 is 5.86. The summed E-state index contributed by atoms with van der Waals surface area (Å²) < 4.78 is 70.0. The second-order valence-corrected chi connectivity index (χ2v) is 6.92. The molecule has 32 heavy (non-hydrogen) atoms. The zero-order valence-corrected chi connectivity index (χ0v) is 16.6. The minimum absolute atomic E-state index is 0.286. The Morgan fingerprint density at radius 1 is 1.25 bits per heavy atom. The van der Waals surface area contributed by atoms with Crippen LogP contribution in [0.5, 0.6) is 0 Å². The van der Waals surface area contributed by atoms with Crippen molar-refractivity contribution in [2.75, 3.05) is 0 Å². The third-order valence-corrected chi connectivity index (χ3v) is 4.71. The number of allylic oxidation sites excluding steroid dienone is 6. The zero-order chi connectivity index (χ0) is 23.6. The first kappa shape index (κ1) is 23.1. The molecule has 0 saturated heterocycles. The fourth-order valence-electron chi connectivity index (χ4n) is 3.02. The molecule has 0 radical (unpaired) electrons. The van der Waals surface area contributed by atoms with Gasteiger partial charge in [0.25, 0.3) is 0 Å². The molecule has 11 heteroatoms. The van der Waals surface area contributed by atoms with E-state index in [1.807, 2.05) is 0 Å². The number of hydrogen-bond acceptors (Lipinski definition) is 3. The highest BCUT2D eigenvalue weighted by atomic mass is 35.5. The van der Waals surface area contributed by atoms with Crippen LogP contribution in [0.25, 0.3) is 6.08 Å². The van der Waals surface area contributed by atoms with Crippen LogP contribution in [0.4, 0.5) is 22.0 Å². The van der Waals surface area contributed by atoms with Gasteiger partial charge in [-0.25, -0.2) is 18.3 Å². The van der Waals surface area contributed by atoms with Crippen molar-refractivity contribution >= 4 is 29.4 Å². The van der Waals surface area contributed by atoms with Crippen LogP contribution in [0.2, 0.25) is 5.02 Å².